The van der Waals surface area contributed by atoms with Crippen molar-refractivity contribution in [2.24, 2.45) is 10.7 Å². The maximum atomic E-state index is 6.31. The van der Waals surface area contributed by atoms with Crippen LogP contribution < -0.4 is 5.73 Å². The van der Waals surface area contributed by atoms with Crippen molar-refractivity contribution in [3.8, 4) is 0 Å². The molecule has 102 valence electrons. The number of hydrogen-bond donors (Lipinski definition) is 1. The first kappa shape index (κ1) is 13.7. The zero-order valence-corrected chi connectivity index (χ0v) is 13.4. The number of aliphatic imine (C=N–C) groups is 1. The Kier molecular flexibility index (Phi) is 3.57. The van der Waals surface area contributed by atoms with E-state index in [4.69, 9.17) is 17.3 Å². The van der Waals surface area contributed by atoms with Crippen LogP contribution in [0.15, 0.2) is 45.9 Å². The van der Waals surface area contributed by atoms with Crippen molar-refractivity contribution in [3.05, 3.63) is 68.1 Å². The first-order valence-electron chi connectivity index (χ1n) is 6.43. The highest BCUT2D eigenvalue weighted by Crippen LogP contribution is 2.34. The van der Waals surface area contributed by atoms with E-state index in [1.165, 1.54) is 11.1 Å². The summed E-state index contributed by atoms with van der Waals surface area (Å²) in [6, 6.07) is 12.1. The number of halogens is 2. The standard InChI is InChI=1S/C16H14BrClN2/c1-9-5-6-10(17)7-12(9)15-8-13-11(16(19)20-15)3-2-4-14(13)18/h2-7,15H,8H2,1H3,(H2,19,20). The largest absolute Gasteiger partial charge is 0.383 e. The summed E-state index contributed by atoms with van der Waals surface area (Å²) in [5, 5.41) is 0.762. The lowest BCUT2D eigenvalue weighted by atomic mass is 9.90. The molecule has 1 aliphatic rings. The molecule has 0 aliphatic carbocycles. The molecule has 2 aromatic carbocycles. The number of amidine groups is 1. The Morgan fingerprint density at radius 1 is 1.30 bits per heavy atom. The summed E-state index contributed by atoms with van der Waals surface area (Å²) in [5.41, 5.74) is 10.6. The minimum atomic E-state index is 0.0277. The van der Waals surface area contributed by atoms with Gasteiger partial charge >= 0.3 is 0 Å². The van der Waals surface area contributed by atoms with Gasteiger partial charge in [-0.3, -0.25) is 4.99 Å². The van der Waals surface area contributed by atoms with E-state index in [9.17, 15) is 0 Å². The number of fused-ring (bicyclic) bond motifs is 1. The van der Waals surface area contributed by atoms with E-state index in [1.807, 2.05) is 24.3 Å². The van der Waals surface area contributed by atoms with Gasteiger partial charge < -0.3 is 5.73 Å². The molecule has 4 heteroatoms. The van der Waals surface area contributed by atoms with Gasteiger partial charge in [0.15, 0.2) is 0 Å². The van der Waals surface area contributed by atoms with Crippen LogP contribution in [0.4, 0.5) is 0 Å². The van der Waals surface area contributed by atoms with E-state index in [-0.39, 0.29) is 6.04 Å². The minimum absolute atomic E-state index is 0.0277. The predicted molar refractivity (Wildman–Crippen MR) is 87.5 cm³/mol. The molecule has 0 fully saturated rings. The molecule has 0 saturated carbocycles. The molecular formula is C16H14BrClN2. The molecule has 1 aliphatic heterocycles. The zero-order chi connectivity index (χ0) is 14.3. The Balaban J connectivity index is 2.09. The zero-order valence-electron chi connectivity index (χ0n) is 11.0. The molecule has 0 saturated heterocycles. The number of aryl methyl sites for hydroxylation is 1. The second-order valence-corrected chi connectivity index (χ2v) is 6.32. The number of nitrogens with two attached hydrogens (primary N) is 1. The van der Waals surface area contributed by atoms with Crippen molar-refractivity contribution in [2.45, 2.75) is 19.4 Å². The third-order valence-corrected chi connectivity index (χ3v) is 4.53. The topological polar surface area (TPSA) is 38.4 Å². The van der Waals surface area contributed by atoms with Crippen LogP contribution in [0.25, 0.3) is 0 Å². The van der Waals surface area contributed by atoms with Crippen LogP contribution in [0.5, 0.6) is 0 Å². The van der Waals surface area contributed by atoms with Gasteiger partial charge in [0, 0.05) is 21.5 Å². The molecule has 0 aromatic heterocycles. The fourth-order valence-electron chi connectivity index (χ4n) is 2.63. The van der Waals surface area contributed by atoms with E-state index in [0.29, 0.717) is 5.84 Å². The maximum Gasteiger partial charge on any atom is 0.126 e. The fourth-order valence-corrected chi connectivity index (χ4v) is 3.26. The lowest BCUT2D eigenvalue weighted by Crippen LogP contribution is -2.23. The summed E-state index contributed by atoms with van der Waals surface area (Å²) in [5.74, 6) is 0.568. The van der Waals surface area contributed by atoms with E-state index in [2.05, 4.69) is 40.0 Å². The van der Waals surface area contributed by atoms with Gasteiger partial charge in [0.25, 0.3) is 0 Å². The maximum absolute atomic E-state index is 6.31. The summed E-state index contributed by atoms with van der Waals surface area (Å²) in [6.45, 7) is 2.09. The van der Waals surface area contributed by atoms with E-state index in [0.717, 1.165) is 27.0 Å². The van der Waals surface area contributed by atoms with Gasteiger partial charge in [-0.2, -0.15) is 0 Å². The van der Waals surface area contributed by atoms with Crippen molar-refractivity contribution >= 4 is 33.4 Å². The van der Waals surface area contributed by atoms with E-state index >= 15 is 0 Å². The Hall–Kier alpha value is -1.32. The van der Waals surface area contributed by atoms with Crippen molar-refractivity contribution < 1.29 is 0 Å². The Labute approximate surface area is 131 Å². The van der Waals surface area contributed by atoms with Crippen molar-refractivity contribution in [3.63, 3.8) is 0 Å². The minimum Gasteiger partial charge on any atom is -0.383 e. The van der Waals surface area contributed by atoms with Crippen LogP contribution in [0.3, 0.4) is 0 Å². The Morgan fingerprint density at radius 2 is 2.10 bits per heavy atom. The van der Waals surface area contributed by atoms with Crippen LogP contribution in [-0.4, -0.2) is 5.84 Å². The summed E-state index contributed by atoms with van der Waals surface area (Å²) < 4.78 is 1.05. The molecule has 2 N–H and O–H groups in total. The molecule has 1 heterocycles. The average molecular weight is 350 g/mol. The van der Waals surface area contributed by atoms with Crippen LogP contribution in [-0.2, 0) is 6.42 Å². The highest BCUT2D eigenvalue weighted by Gasteiger charge is 2.23. The quantitative estimate of drug-likeness (QED) is 0.813. The first-order chi connectivity index (χ1) is 9.56. The highest BCUT2D eigenvalue weighted by atomic mass is 79.9. The molecule has 1 atom stereocenters. The third-order valence-electron chi connectivity index (χ3n) is 3.69. The van der Waals surface area contributed by atoms with Crippen LogP contribution >= 0.6 is 27.5 Å². The van der Waals surface area contributed by atoms with Gasteiger partial charge in [0.1, 0.15) is 5.84 Å². The van der Waals surface area contributed by atoms with Crippen molar-refractivity contribution in [1.82, 2.24) is 0 Å². The molecule has 20 heavy (non-hydrogen) atoms. The van der Waals surface area contributed by atoms with E-state index < -0.39 is 0 Å². The first-order valence-corrected chi connectivity index (χ1v) is 7.60. The number of nitrogens with zero attached hydrogens (tertiary/aromatic N) is 1. The Bertz CT molecular complexity index is 710. The monoisotopic (exact) mass is 348 g/mol. The molecule has 0 bridgehead atoms. The van der Waals surface area contributed by atoms with Gasteiger partial charge in [0.2, 0.25) is 0 Å². The van der Waals surface area contributed by atoms with Gasteiger partial charge in [0.05, 0.1) is 6.04 Å². The van der Waals surface area contributed by atoms with Crippen molar-refractivity contribution in [2.75, 3.05) is 0 Å². The van der Waals surface area contributed by atoms with Gasteiger partial charge in [-0.05, 0) is 41.8 Å². The summed E-state index contributed by atoms with van der Waals surface area (Å²) in [4.78, 5) is 4.65. The summed E-state index contributed by atoms with van der Waals surface area (Å²) in [6.07, 6.45) is 0.785. The molecular weight excluding hydrogens is 336 g/mol. The smallest absolute Gasteiger partial charge is 0.126 e. The lowest BCUT2D eigenvalue weighted by Gasteiger charge is -2.24. The van der Waals surface area contributed by atoms with Gasteiger partial charge in [-0.25, -0.2) is 0 Å². The average Bonchev–Trinajstić information content (AvgIpc) is 2.42. The molecule has 0 radical (unpaired) electrons. The second-order valence-electron chi connectivity index (χ2n) is 5.00. The van der Waals surface area contributed by atoms with Crippen LogP contribution in [0.1, 0.15) is 28.3 Å². The van der Waals surface area contributed by atoms with Gasteiger partial charge in [-0.15, -0.1) is 0 Å². The number of hydrogen-bond acceptors (Lipinski definition) is 2. The summed E-state index contributed by atoms with van der Waals surface area (Å²) in [7, 11) is 0. The molecule has 3 rings (SSSR count). The SMILES string of the molecule is Cc1ccc(Br)cc1C1Cc2c(Cl)cccc2C(N)=N1. The highest BCUT2D eigenvalue weighted by molar-refractivity contribution is 9.10. The summed E-state index contributed by atoms with van der Waals surface area (Å²) >= 11 is 9.83. The normalized spacial score (nSPS) is 17.6. The Morgan fingerprint density at radius 3 is 2.90 bits per heavy atom. The second kappa shape index (κ2) is 5.23. The van der Waals surface area contributed by atoms with Crippen molar-refractivity contribution in [1.29, 1.82) is 0 Å². The predicted octanol–water partition coefficient (Wildman–Crippen LogP) is 4.41. The van der Waals surface area contributed by atoms with E-state index in [1.54, 1.807) is 0 Å². The molecule has 1 unspecified atom stereocenters. The molecule has 2 nitrogen and oxygen atoms in total. The lowest BCUT2D eigenvalue weighted by molar-refractivity contribution is 0.704. The van der Waals surface area contributed by atoms with Gasteiger partial charge in [-0.1, -0.05) is 45.7 Å². The molecule has 2 aromatic rings. The van der Waals surface area contributed by atoms with Crippen LogP contribution in [0, 0.1) is 6.92 Å². The number of benzene rings is 2. The molecule has 0 spiro atoms. The molecule has 0 amide bonds. The number of rotatable bonds is 1. The fraction of sp³-hybridized carbons (Fsp3) is 0.188. The third kappa shape index (κ3) is 2.36. The van der Waals surface area contributed by atoms with Crippen LogP contribution in [0.2, 0.25) is 5.02 Å².